The Balaban J connectivity index is 2.25. The first-order valence-corrected chi connectivity index (χ1v) is 5.14. The molecule has 1 aliphatic rings. The molecule has 0 atom stereocenters. The molecule has 0 heterocycles. The maximum atomic E-state index is 12.5. The van der Waals surface area contributed by atoms with Gasteiger partial charge < -0.3 is 5.32 Å². The molecule has 4 heteroatoms. The summed E-state index contributed by atoms with van der Waals surface area (Å²) in [5.74, 6) is -3.41. The van der Waals surface area contributed by atoms with Crippen LogP contribution in [0.3, 0.4) is 0 Å². The third-order valence-electron chi connectivity index (χ3n) is 2.44. The molecule has 14 heavy (non-hydrogen) atoms. The van der Waals surface area contributed by atoms with Gasteiger partial charge in [-0.25, -0.2) is 8.78 Å². The summed E-state index contributed by atoms with van der Waals surface area (Å²) in [4.78, 5) is 11.1. The molecular formula is C10H17F2NO. The van der Waals surface area contributed by atoms with Crippen LogP contribution in [0.2, 0.25) is 0 Å². The molecule has 0 aromatic heterocycles. The van der Waals surface area contributed by atoms with E-state index in [1.807, 2.05) is 0 Å². The van der Waals surface area contributed by atoms with Crippen LogP contribution in [-0.4, -0.2) is 17.9 Å². The Hall–Kier alpha value is -0.670. The Morgan fingerprint density at radius 2 is 1.93 bits per heavy atom. The van der Waals surface area contributed by atoms with Crippen molar-refractivity contribution in [2.45, 2.75) is 57.4 Å². The minimum Gasteiger partial charge on any atom is -0.353 e. The smallest absolute Gasteiger partial charge is 0.254 e. The van der Waals surface area contributed by atoms with Gasteiger partial charge in [0.05, 0.1) is 6.42 Å². The number of hydrogen-bond donors (Lipinski definition) is 1. The van der Waals surface area contributed by atoms with Gasteiger partial charge in [0, 0.05) is 6.04 Å². The van der Waals surface area contributed by atoms with Gasteiger partial charge in [-0.1, -0.05) is 19.3 Å². The van der Waals surface area contributed by atoms with Gasteiger partial charge in [-0.2, -0.15) is 0 Å². The van der Waals surface area contributed by atoms with Crippen LogP contribution in [0, 0.1) is 0 Å². The monoisotopic (exact) mass is 205 g/mol. The quantitative estimate of drug-likeness (QED) is 0.753. The Morgan fingerprint density at radius 3 is 2.43 bits per heavy atom. The van der Waals surface area contributed by atoms with E-state index in [2.05, 4.69) is 5.32 Å². The molecule has 2 nitrogen and oxygen atoms in total. The van der Waals surface area contributed by atoms with Crippen LogP contribution in [0.15, 0.2) is 0 Å². The molecule has 0 spiro atoms. The van der Waals surface area contributed by atoms with Gasteiger partial charge in [0.25, 0.3) is 5.92 Å². The summed E-state index contributed by atoms with van der Waals surface area (Å²) in [5.41, 5.74) is 0. The Labute approximate surface area is 83.1 Å². The van der Waals surface area contributed by atoms with Crippen LogP contribution in [0.25, 0.3) is 0 Å². The van der Waals surface area contributed by atoms with Crippen molar-refractivity contribution in [1.29, 1.82) is 0 Å². The maximum absolute atomic E-state index is 12.5. The van der Waals surface area contributed by atoms with E-state index in [0.717, 1.165) is 32.6 Å². The number of nitrogens with one attached hydrogen (secondary N) is 1. The zero-order chi connectivity index (χ0) is 10.6. The van der Waals surface area contributed by atoms with E-state index in [0.29, 0.717) is 0 Å². The second-order valence-corrected chi connectivity index (χ2v) is 4.15. The normalized spacial score (nSPS) is 19.4. The second-order valence-electron chi connectivity index (χ2n) is 4.15. The number of amides is 1. The van der Waals surface area contributed by atoms with Crippen LogP contribution < -0.4 is 5.32 Å². The molecule has 0 radical (unpaired) electrons. The molecule has 0 saturated heterocycles. The van der Waals surface area contributed by atoms with Crippen molar-refractivity contribution >= 4 is 5.91 Å². The molecule has 1 amide bonds. The molecule has 1 aliphatic carbocycles. The Bertz CT molecular complexity index is 195. The topological polar surface area (TPSA) is 29.1 Å². The molecule has 82 valence electrons. The first-order chi connectivity index (χ1) is 6.47. The van der Waals surface area contributed by atoms with Crippen LogP contribution in [0.1, 0.15) is 45.4 Å². The fourth-order valence-corrected chi connectivity index (χ4v) is 1.81. The summed E-state index contributed by atoms with van der Waals surface area (Å²) in [5, 5.41) is 2.66. The number of halogens is 2. The molecule has 0 aromatic rings. The zero-order valence-electron chi connectivity index (χ0n) is 8.48. The van der Waals surface area contributed by atoms with Gasteiger partial charge in [-0.05, 0) is 19.8 Å². The van der Waals surface area contributed by atoms with Crippen LogP contribution >= 0.6 is 0 Å². The first-order valence-electron chi connectivity index (χ1n) is 5.14. The third kappa shape index (κ3) is 4.53. The highest BCUT2D eigenvalue weighted by molar-refractivity contribution is 5.77. The average molecular weight is 205 g/mol. The van der Waals surface area contributed by atoms with E-state index in [9.17, 15) is 13.6 Å². The fourth-order valence-electron chi connectivity index (χ4n) is 1.81. The highest BCUT2D eigenvalue weighted by Gasteiger charge is 2.26. The van der Waals surface area contributed by atoms with Crippen molar-refractivity contribution in [2.75, 3.05) is 0 Å². The fraction of sp³-hybridized carbons (Fsp3) is 0.900. The Morgan fingerprint density at radius 1 is 1.36 bits per heavy atom. The van der Waals surface area contributed by atoms with E-state index in [-0.39, 0.29) is 6.04 Å². The van der Waals surface area contributed by atoms with Crippen LogP contribution in [0.5, 0.6) is 0 Å². The van der Waals surface area contributed by atoms with Crippen molar-refractivity contribution in [3.05, 3.63) is 0 Å². The first kappa shape index (κ1) is 11.4. The molecule has 0 bridgehead atoms. The molecule has 0 aliphatic heterocycles. The number of carbonyl (C=O) groups excluding carboxylic acids is 1. The zero-order valence-corrected chi connectivity index (χ0v) is 8.48. The number of alkyl halides is 2. The summed E-state index contributed by atoms with van der Waals surface area (Å²) >= 11 is 0. The maximum Gasteiger partial charge on any atom is 0.254 e. The number of hydrogen-bond acceptors (Lipinski definition) is 1. The van der Waals surface area contributed by atoms with Gasteiger partial charge in [0.2, 0.25) is 5.91 Å². The van der Waals surface area contributed by atoms with E-state index >= 15 is 0 Å². The highest BCUT2D eigenvalue weighted by Crippen LogP contribution is 2.19. The van der Waals surface area contributed by atoms with Gasteiger partial charge in [-0.15, -0.1) is 0 Å². The second kappa shape index (κ2) is 4.71. The molecular weight excluding hydrogens is 188 g/mol. The van der Waals surface area contributed by atoms with Gasteiger partial charge in [0.15, 0.2) is 0 Å². The molecule has 1 fully saturated rings. The summed E-state index contributed by atoms with van der Waals surface area (Å²) in [6.07, 6.45) is 4.54. The van der Waals surface area contributed by atoms with Crippen molar-refractivity contribution in [3.8, 4) is 0 Å². The Kier molecular flexibility index (Phi) is 3.84. The summed E-state index contributed by atoms with van der Waals surface area (Å²) < 4.78 is 24.9. The average Bonchev–Trinajstić information content (AvgIpc) is 2.02. The lowest BCUT2D eigenvalue weighted by Gasteiger charge is -2.23. The van der Waals surface area contributed by atoms with Crippen molar-refractivity contribution in [1.82, 2.24) is 5.32 Å². The molecule has 0 aromatic carbocycles. The standard InChI is InChI=1S/C10H17F2NO/c1-10(11,12)7-9(14)13-8-5-3-2-4-6-8/h8H,2-7H2,1H3,(H,13,14). The number of rotatable bonds is 3. The summed E-state index contributed by atoms with van der Waals surface area (Å²) in [6, 6.07) is 0.124. The summed E-state index contributed by atoms with van der Waals surface area (Å²) in [7, 11) is 0. The molecule has 1 saturated carbocycles. The van der Waals surface area contributed by atoms with Gasteiger partial charge in [0.1, 0.15) is 0 Å². The lowest BCUT2D eigenvalue weighted by atomic mass is 9.95. The van der Waals surface area contributed by atoms with E-state index in [1.165, 1.54) is 6.42 Å². The van der Waals surface area contributed by atoms with Crippen molar-refractivity contribution < 1.29 is 13.6 Å². The lowest BCUT2D eigenvalue weighted by molar-refractivity contribution is -0.128. The largest absolute Gasteiger partial charge is 0.353 e. The molecule has 1 N–H and O–H groups in total. The van der Waals surface area contributed by atoms with E-state index in [4.69, 9.17) is 0 Å². The van der Waals surface area contributed by atoms with E-state index < -0.39 is 18.3 Å². The minimum atomic E-state index is -2.89. The third-order valence-corrected chi connectivity index (χ3v) is 2.44. The van der Waals surface area contributed by atoms with Gasteiger partial charge >= 0.3 is 0 Å². The predicted molar refractivity (Wildman–Crippen MR) is 50.3 cm³/mol. The molecule has 0 unspecified atom stereocenters. The SMILES string of the molecule is CC(F)(F)CC(=O)NC1CCCCC1. The summed E-state index contributed by atoms with van der Waals surface area (Å²) in [6.45, 7) is 0.771. The molecule has 1 rings (SSSR count). The number of carbonyl (C=O) groups is 1. The van der Waals surface area contributed by atoms with Crippen molar-refractivity contribution in [3.63, 3.8) is 0 Å². The van der Waals surface area contributed by atoms with Crippen LogP contribution in [0.4, 0.5) is 8.78 Å². The predicted octanol–water partition coefficient (Wildman–Crippen LogP) is 2.48. The van der Waals surface area contributed by atoms with Gasteiger partial charge in [-0.3, -0.25) is 4.79 Å². The minimum absolute atomic E-state index is 0.124. The van der Waals surface area contributed by atoms with Crippen LogP contribution in [-0.2, 0) is 4.79 Å². The highest BCUT2D eigenvalue weighted by atomic mass is 19.3. The lowest BCUT2D eigenvalue weighted by Crippen LogP contribution is -2.38. The van der Waals surface area contributed by atoms with E-state index in [1.54, 1.807) is 0 Å². The van der Waals surface area contributed by atoms with Crippen molar-refractivity contribution in [2.24, 2.45) is 0 Å².